The van der Waals surface area contributed by atoms with Crippen LogP contribution in [0.2, 0.25) is 5.02 Å². The number of aliphatic imine (C=N–C) groups is 1. The molecule has 6 nitrogen and oxygen atoms in total. The average Bonchev–Trinajstić information content (AvgIpc) is 2.57. The Balaban J connectivity index is 0.00000312. The second-order valence-electron chi connectivity index (χ2n) is 5.71. The highest BCUT2D eigenvalue weighted by Crippen LogP contribution is 2.16. The highest BCUT2D eigenvalue weighted by atomic mass is 127. The number of imide groups is 1. The van der Waals surface area contributed by atoms with Gasteiger partial charge in [-0.2, -0.15) is 0 Å². The van der Waals surface area contributed by atoms with E-state index in [4.69, 9.17) is 11.6 Å². The summed E-state index contributed by atoms with van der Waals surface area (Å²) in [6, 6.07) is 7.65. The summed E-state index contributed by atoms with van der Waals surface area (Å²) in [7, 11) is 1.68. The zero-order chi connectivity index (χ0) is 17.5. The van der Waals surface area contributed by atoms with E-state index < -0.39 is 0 Å². The van der Waals surface area contributed by atoms with E-state index in [9.17, 15) is 9.59 Å². The third-order valence-electron chi connectivity index (χ3n) is 3.96. The SMILES string of the molecule is CN=C(NCCN1C(=O)CCCC1=O)NC(C)c1ccc(Cl)cc1.I. The van der Waals surface area contributed by atoms with Crippen molar-refractivity contribution in [2.24, 2.45) is 4.99 Å². The maximum atomic E-state index is 11.8. The Labute approximate surface area is 170 Å². The molecule has 1 aromatic carbocycles. The van der Waals surface area contributed by atoms with E-state index in [2.05, 4.69) is 15.6 Å². The number of hydrogen-bond donors (Lipinski definition) is 2. The number of halogens is 2. The van der Waals surface area contributed by atoms with Crippen LogP contribution in [0.1, 0.15) is 37.8 Å². The zero-order valence-corrected chi connectivity index (χ0v) is 17.5. The molecular weight excluding hydrogens is 455 g/mol. The van der Waals surface area contributed by atoms with E-state index in [1.54, 1.807) is 7.05 Å². The van der Waals surface area contributed by atoms with Crippen molar-refractivity contribution in [1.82, 2.24) is 15.5 Å². The minimum Gasteiger partial charge on any atom is -0.355 e. The molecule has 1 unspecified atom stereocenters. The molecule has 1 saturated heterocycles. The van der Waals surface area contributed by atoms with Crippen LogP contribution in [-0.2, 0) is 9.59 Å². The molecule has 1 atom stereocenters. The Morgan fingerprint density at radius 2 is 1.84 bits per heavy atom. The first kappa shape index (κ1) is 21.7. The Morgan fingerprint density at radius 3 is 2.40 bits per heavy atom. The van der Waals surface area contributed by atoms with Crippen LogP contribution < -0.4 is 10.6 Å². The van der Waals surface area contributed by atoms with Crippen LogP contribution in [-0.4, -0.2) is 42.8 Å². The van der Waals surface area contributed by atoms with Gasteiger partial charge in [0.2, 0.25) is 11.8 Å². The molecule has 1 fully saturated rings. The molecule has 0 saturated carbocycles. The number of guanidine groups is 1. The summed E-state index contributed by atoms with van der Waals surface area (Å²) in [5.74, 6) is 0.436. The van der Waals surface area contributed by atoms with Gasteiger partial charge in [0.15, 0.2) is 5.96 Å². The van der Waals surface area contributed by atoms with Crippen LogP contribution in [0.15, 0.2) is 29.3 Å². The summed E-state index contributed by atoms with van der Waals surface area (Å²) in [4.78, 5) is 29.0. The predicted octanol–water partition coefficient (Wildman–Crippen LogP) is 2.72. The van der Waals surface area contributed by atoms with E-state index in [0.29, 0.717) is 43.3 Å². The number of nitrogens with zero attached hydrogens (tertiary/aromatic N) is 2. The Kier molecular flexibility index (Phi) is 9.20. The van der Waals surface area contributed by atoms with Crippen LogP contribution in [0.4, 0.5) is 0 Å². The fourth-order valence-electron chi connectivity index (χ4n) is 2.57. The smallest absolute Gasteiger partial charge is 0.229 e. The van der Waals surface area contributed by atoms with Gasteiger partial charge >= 0.3 is 0 Å². The molecule has 1 aliphatic rings. The molecule has 1 aromatic rings. The van der Waals surface area contributed by atoms with Crippen molar-refractivity contribution < 1.29 is 9.59 Å². The number of rotatable bonds is 5. The van der Waals surface area contributed by atoms with Crippen LogP contribution in [0.25, 0.3) is 0 Å². The molecule has 1 aliphatic heterocycles. The van der Waals surface area contributed by atoms with Gasteiger partial charge in [-0.15, -0.1) is 24.0 Å². The van der Waals surface area contributed by atoms with Gasteiger partial charge in [0.05, 0.1) is 6.04 Å². The first-order valence-electron chi connectivity index (χ1n) is 8.07. The Bertz CT molecular complexity index is 606. The molecule has 0 bridgehead atoms. The summed E-state index contributed by atoms with van der Waals surface area (Å²) in [5.41, 5.74) is 1.09. The molecule has 2 N–H and O–H groups in total. The summed E-state index contributed by atoms with van der Waals surface area (Å²) in [5, 5.41) is 7.11. The van der Waals surface area contributed by atoms with E-state index in [-0.39, 0.29) is 41.8 Å². The number of amides is 2. The fourth-order valence-corrected chi connectivity index (χ4v) is 2.70. The molecule has 0 spiro atoms. The molecule has 2 amide bonds. The average molecular weight is 479 g/mol. The number of carbonyl (C=O) groups is 2. The van der Waals surface area contributed by atoms with Crippen molar-refractivity contribution in [3.63, 3.8) is 0 Å². The van der Waals surface area contributed by atoms with E-state index >= 15 is 0 Å². The monoisotopic (exact) mass is 478 g/mol. The number of carbonyl (C=O) groups excluding carboxylic acids is 2. The van der Waals surface area contributed by atoms with Crippen molar-refractivity contribution >= 4 is 53.4 Å². The number of hydrogen-bond acceptors (Lipinski definition) is 3. The quantitative estimate of drug-likeness (QED) is 0.295. The maximum absolute atomic E-state index is 11.8. The van der Waals surface area contributed by atoms with E-state index in [1.165, 1.54) is 4.90 Å². The molecule has 8 heteroatoms. The molecule has 1 heterocycles. The third kappa shape index (κ3) is 6.47. The standard InChI is InChI=1S/C17H23ClN4O2.HI/c1-12(13-6-8-14(18)9-7-13)21-17(19-2)20-10-11-22-15(23)4-3-5-16(22)24;/h6-9,12H,3-5,10-11H2,1-2H3,(H2,19,20,21);1H. The second kappa shape index (κ2) is 10.6. The summed E-state index contributed by atoms with van der Waals surface area (Å²) >= 11 is 5.90. The lowest BCUT2D eigenvalue weighted by Gasteiger charge is -2.25. The predicted molar refractivity (Wildman–Crippen MR) is 110 cm³/mol. The van der Waals surface area contributed by atoms with Crippen molar-refractivity contribution in [1.29, 1.82) is 0 Å². The Hall–Kier alpha value is -1.35. The van der Waals surface area contributed by atoms with Gasteiger partial charge < -0.3 is 10.6 Å². The van der Waals surface area contributed by atoms with Crippen molar-refractivity contribution in [3.05, 3.63) is 34.9 Å². The molecule has 0 radical (unpaired) electrons. The molecule has 138 valence electrons. The summed E-state index contributed by atoms with van der Waals surface area (Å²) in [6.07, 6.45) is 1.56. The van der Waals surface area contributed by atoms with Gasteiger partial charge in [0.25, 0.3) is 0 Å². The molecule has 2 rings (SSSR count). The normalized spacial score (nSPS) is 16.3. The summed E-state index contributed by atoms with van der Waals surface area (Å²) in [6.45, 7) is 2.84. The van der Waals surface area contributed by atoms with Crippen LogP contribution in [0.5, 0.6) is 0 Å². The first-order chi connectivity index (χ1) is 11.5. The fraction of sp³-hybridized carbons (Fsp3) is 0.471. The number of nitrogens with one attached hydrogen (secondary N) is 2. The molecular formula is C17H24ClIN4O2. The zero-order valence-electron chi connectivity index (χ0n) is 14.4. The highest BCUT2D eigenvalue weighted by Gasteiger charge is 2.25. The van der Waals surface area contributed by atoms with E-state index in [1.807, 2.05) is 31.2 Å². The lowest BCUT2D eigenvalue weighted by molar-refractivity contribution is -0.147. The number of benzene rings is 1. The largest absolute Gasteiger partial charge is 0.355 e. The van der Waals surface area contributed by atoms with Crippen LogP contribution in [0.3, 0.4) is 0 Å². The minimum absolute atomic E-state index is 0. The highest BCUT2D eigenvalue weighted by molar-refractivity contribution is 14.0. The molecule has 0 aromatic heterocycles. The maximum Gasteiger partial charge on any atom is 0.229 e. The van der Waals surface area contributed by atoms with Crippen LogP contribution >= 0.6 is 35.6 Å². The first-order valence-corrected chi connectivity index (χ1v) is 8.45. The number of piperidine rings is 1. The lowest BCUT2D eigenvalue weighted by Crippen LogP contribution is -2.46. The van der Waals surface area contributed by atoms with Gasteiger partial charge in [-0.25, -0.2) is 0 Å². The van der Waals surface area contributed by atoms with Crippen molar-refractivity contribution in [2.75, 3.05) is 20.1 Å². The summed E-state index contributed by atoms with van der Waals surface area (Å²) < 4.78 is 0. The lowest BCUT2D eigenvalue weighted by atomic mass is 10.1. The van der Waals surface area contributed by atoms with Crippen molar-refractivity contribution in [3.8, 4) is 0 Å². The Morgan fingerprint density at radius 1 is 1.24 bits per heavy atom. The van der Waals surface area contributed by atoms with Crippen LogP contribution in [0, 0.1) is 0 Å². The number of likely N-dealkylation sites (tertiary alicyclic amines) is 1. The van der Waals surface area contributed by atoms with Gasteiger partial charge in [0, 0.05) is 38.0 Å². The second-order valence-corrected chi connectivity index (χ2v) is 6.15. The topological polar surface area (TPSA) is 73.8 Å². The van der Waals surface area contributed by atoms with Gasteiger partial charge in [0.1, 0.15) is 0 Å². The van der Waals surface area contributed by atoms with Gasteiger partial charge in [-0.05, 0) is 31.0 Å². The van der Waals surface area contributed by atoms with E-state index in [0.717, 1.165) is 5.56 Å². The van der Waals surface area contributed by atoms with Gasteiger partial charge in [-0.3, -0.25) is 19.5 Å². The molecule has 0 aliphatic carbocycles. The third-order valence-corrected chi connectivity index (χ3v) is 4.21. The van der Waals surface area contributed by atoms with Gasteiger partial charge in [-0.1, -0.05) is 23.7 Å². The minimum atomic E-state index is -0.0921. The molecule has 25 heavy (non-hydrogen) atoms. The van der Waals surface area contributed by atoms with Crippen molar-refractivity contribution in [2.45, 2.75) is 32.2 Å².